The lowest BCUT2D eigenvalue weighted by molar-refractivity contribution is 0.202. The topological polar surface area (TPSA) is 21.7 Å². The number of nitrogens with zero attached hydrogens (tertiary/aromatic N) is 1. The van der Waals surface area contributed by atoms with Crippen LogP contribution in [0.4, 0.5) is 0 Å². The fourth-order valence-corrected chi connectivity index (χ4v) is 4.11. The standard InChI is InChI=1S/C23H31NO2/c1-17(2)22-21(25-3)11-10-20(23(22)26-4)16-24-14-12-19(13-15-24)18-8-6-5-7-9-18/h5-11,17,19H,12-16H2,1-4H3. The van der Waals surface area contributed by atoms with Crippen molar-refractivity contribution in [3.05, 3.63) is 59.2 Å². The first-order chi connectivity index (χ1) is 12.6. The Kier molecular flexibility index (Phi) is 6.20. The van der Waals surface area contributed by atoms with E-state index in [4.69, 9.17) is 9.47 Å². The zero-order chi connectivity index (χ0) is 18.5. The van der Waals surface area contributed by atoms with E-state index in [2.05, 4.69) is 61.2 Å². The molecular weight excluding hydrogens is 322 g/mol. The highest BCUT2D eigenvalue weighted by atomic mass is 16.5. The van der Waals surface area contributed by atoms with Crippen molar-refractivity contribution < 1.29 is 9.47 Å². The quantitative estimate of drug-likeness (QED) is 0.712. The summed E-state index contributed by atoms with van der Waals surface area (Å²) >= 11 is 0. The molecule has 0 aromatic heterocycles. The van der Waals surface area contributed by atoms with E-state index in [1.807, 2.05) is 0 Å². The van der Waals surface area contributed by atoms with E-state index in [0.717, 1.165) is 31.1 Å². The fourth-order valence-electron chi connectivity index (χ4n) is 4.11. The lowest BCUT2D eigenvalue weighted by Gasteiger charge is -2.33. The van der Waals surface area contributed by atoms with Crippen LogP contribution < -0.4 is 9.47 Å². The zero-order valence-corrected chi connectivity index (χ0v) is 16.5. The minimum Gasteiger partial charge on any atom is -0.496 e. The summed E-state index contributed by atoms with van der Waals surface area (Å²) in [5.74, 6) is 2.97. The van der Waals surface area contributed by atoms with E-state index in [1.54, 1.807) is 14.2 Å². The maximum atomic E-state index is 5.81. The Morgan fingerprint density at radius 1 is 0.962 bits per heavy atom. The smallest absolute Gasteiger partial charge is 0.130 e. The summed E-state index contributed by atoms with van der Waals surface area (Å²) in [4.78, 5) is 2.55. The van der Waals surface area contributed by atoms with Gasteiger partial charge in [0.2, 0.25) is 0 Å². The molecule has 0 aliphatic carbocycles. The van der Waals surface area contributed by atoms with E-state index in [0.29, 0.717) is 11.8 Å². The predicted molar refractivity (Wildman–Crippen MR) is 107 cm³/mol. The average molecular weight is 354 g/mol. The first kappa shape index (κ1) is 18.8. The Hall–Kier alpha value is -2.00. The Balaban J connectivity index is 1.71. The highest BCUT2D eigenvalue weighted by Crippen LogP contribution is 2.39. The third-order valence-electron chi connectivity index (χ3n) is 5.49. The van der Waals surface area contributed by atoms with Gasteiger partial charge in [-0.2, -0.15) is 0 Å². The van der Waals surface area contributed by atoms with Crippen molar-refractivity contribution in [1.82, 2.24) is 4.90 Å². The third kappa shape index (κ3) is 4.04. The normalized spacial score (nSPS) is 16.0. The first-order valence-corrected chi connectivity index (χ1v) is 9.65. The van der Waals surface area contributed by atoms with E-state index < -0.39 is 0 Å². The number of ether oxygens (including phenoxy) is 2. The maximum absolute atomic E-state index is 5.81. The van der Waals surface area contributed by atoms with Crippen LogP contribution in [0.5, 0.6) is 11.5 Å². The van der Waals surface area contributed by atoms with Crippen LogP contribution in [0.15, 0.2) is 42.5 Å². The Labute approximate surface area is 157 Å². The molecule has 1 fully saturated rings. The second-order valence-corrected chi connectivity index (χ2v) is 7.49. The summed E-state index contributed by atoms with van der Waals surface area (Å²) in [7, 11) is 3.50. The second-order valence-electron chi connectivity index (χ2n) is 7.49. The Bertz CT molecular complexity index is 704. The Morgan fingerprint density at radius 2 is 1.65 bits per heavy atom. The number of piperidine rings is 1. The van der Waals surface area contributed by atoms with Crippen LogP contribution in [0.2, 0.25) is 0 Å². The third-order valence-corrected chi connectivity index (χ3v) is 5.49. The van der Waals surface area contributed by atoms with E-state index in [9.17, 15) is 0 Å². The molecule has 1 aliphatic heterocycles. The van der Waals surface area contributed by atoms with Crippen LogP contribution in [0.25, 0.3) is 0 Å². The van der Waals surface area contributed by atoms with E-state index >= 15 is 0 Å². The predicted octanol–water partition coefficient (Wildman–Crippen LogP) is 5.21. The van der Waals surface area contributed by atoms with Gasteiger partial charge in [0.25, 0.3) is 0 Å². The van der Waals surface area contributed by atoms with E-state index in [-0.39, 0.29) is 0 Å². The van der Waals surface area contributed by atoms with Crippen LogP contribution in [0.1, 0.15) is 55.2 Å². The van der Waals surface area contributed by atoms with Gasteiger partial charge in [-0.15, -0.1) is 0 Å². The fraction of sp³-hybridized carbons (Fsp3) is 0.478. The molecule has 0 bridgehead atoms. The molecule has 3 rings (SSSR count). The van der Waals surface area contributed by atoms with Gasteiger partial charge in [0, 0.05) is 17.7 Å². The van der Waals surface area contributed by atoms with Crippen molar-refractivity contribution in [3.8, 4) is 11.5 Å². The van der Waals surface area contributed by atoms with Crippen LogP contribution in [-0.4, -0.2) is 32.2 Å². The molecule has 3 nitrogen and oxygen atoms in total. The van der Waals surface area contributed by atoms with Crippen molar-refractivity contribution in [3.63, 3.8) is 0 Å². The van der Waals surface area contributed by atoms with Gasteiger partial charge >= 0.3 is 0 Å². The van der Waals surface area contributed by atoms with Gasteiger partial charge in [0.1, 0.15) is 11.5 Å². The number of hydrogen-bond acceptors (Lipinski definition) is 3. The molecule has 0 saturated carbocycles. The molecular formula is C23H31NO2. The second kappa shape index (κ2) is 8.59. The minimum atomic E-state index is 0.365. The number of likely N-dealkylation sites (tertiary alicyclic amines) is 1. The molecule has 140 valence electrons. The van der Waals surface area contributed by atoms with Crippen LogP contribution >= 0.6 is 0 Å². The van der Waals surface area contributed by atoms with Gasteiger partial charge in [-0.3, -0.25) is 4.90 Å². The summed E-state index contributed by atoms with van der Waals surface area (Å²) in [6, 6.07) is 15.2. The van der Waals surface area contributed by atoms with Crippen molar-refractivity contribution in [2.24, 2.45) is 0 Å². The van der Waals surface area contributed by atoms with Gasteiger partial charge in [-0.1, -0.05) is 50.2 Å². The number of rotatable bonds is 6. The zero-order valence-electron chi connectivity index (χ0n) is 16.5. The van der Waals surface area contributed by atoms with Crippen molar-refractivity contribution in [1.29, 1.82) is 0 Å². The van der Waals surface area contributed by atoms with Crippen LogP contribution in [0, 0.1) is 0 Å². The van der Waals surface area contributed by atoms with Gasteiger partial charge < -0.3 is 9.47 Å². The lowest BCUT2D eigenvalue weighted by atomic mass is 9.89. The average Bonchev–Trinajstić information content (AvgIpc) is 2.68. The van der Waals surface area contributed by atoms with Gasteiger partial charge in [-0.05, 0) is 49.4 Å². The summed E-state index contributed by atoms with van der Waals surface area (Å²) < 4.78 is 11.4. The molecule has 1 heterocycles. The monoisotopic (exact) mass is 353 g/mol. The highest BCUT2D eigenvalue weighted by molar-refractivity contribution is 5.51. The largest absolute Gasteiger partial charge is 0.496 e. The number of hydrogen-bond donors (Lipinski definition) is 0. The summed E-state index contributed by atoms with van der Waals surface area (Å²) in [6.45, 7) is 7.58. The van der Waals surface area contributed by atoms with Gasteiger partial charge in [0.05, 0.1) is 14.2 Å². The van der Waals surface area contributed by atoms with Crippen molar-refractivity contribution in [2.45, 2.75) is 45.1 Å². The Morgan fingerprint density at radius 3 is 2.23 bits per heavy atom. The molecule has 0 radical (unpaired) electrons. The molecule has 0 spiro atoms. The molecule has 0 amide bonds. The summed E-state index contributed by atoms with van der Waals surface area (Å²) in [6.07, 6.45) is 2.44. The van der Waals surface area contributed by atoms with E-state index in [1.165, 1.54) is 29.5 Å². The molecule has 1 aliphatic rings. The summed E-state index contributed by atoms with van der Waals surface area (Å²) in [5.41, 5.74) is 3.91. The highest BCUT2D eigenvalue weighted by Gasteiger charge is 2.23. The molecule has 2 aromatic carbocycles. The molecule has 0 atom stereocenters. The first-order valence-electron chi connectivity index (χ1n) is 9.65. The SMILES string of the molecule is COc1ccc(CN2CCC(c3ccccc3)CC2)c(OC)c1C(C)C. The molecule has 0 N–H and O–H groups in total. The molecule has 3 heteroatoms. The number of benzene rings is 2. The van der Waals surface area contributed by atoms with Gasteiger partial charge in [-0.25, -0.2) is 0 Å². The molecule has 0 unspecified atom stereocenters. The molecule has 26 heavy (non-hydrogen) atoms. The minimum absolute atomic E-state index is 0.365. The van der Waals surface area contributed by atoms with Crippen LogP contribution in [0.3, 0.4) is 0 Å². The van der Waals surface area contributed by atoms with Gasteiger partial charge in [0.15, 0.2) is 0 Å². The van der Waals surface area contributed by atoms with Crippen molar-refractivity contribution >= 4 is 0 Å². The summed E-state index contributed by atoms with van der Waals surface area (Å²) in [5, 5.41) is 0. The van der Waals surface area contributed by atoms with Crippen molar-refractivity contribution in [2.75, 3.05) is 27.3 Å². The maximum Gasteiger partial charge on any atom is 0.130 e. The number of methoxy groups -OCH3 is 2. The lowest BCUT2D eigenvalue weighted by Crippen LogP contribution is -2.32. The molecule has 1 saturated heterocycles. The molecule has 2 aromatic rings. The van der Waals surface area contributed by atoms with Crippen LogP contribution in [-0.2, 0) is 6.54 Å².